The smallest absolute Gasteiger partial charge is 0.330 e. The fourth-order valence-electron chi connectivity index (χ4n) is 1.55. The molecule has 0 radical (unpaired) electrons. The number of nitrogens with zero attached hydrogens (tertiary/aromatic N) is 1. The van der Waals surface area contributed by atoms with E-state index >= 15 is 0 Å². The molecule has 0 aromatic rings. The van der Waals surface area contributed by atoms with Gasteiger partial charge in [-0.1, -0.05) is 6.08 Å². The molecule has 0 aromatic carbocycles. The molecule has 0 aromatic heterocycles. The minimum atomic E-state index is -0.978. The molecule has 0 spiro atoms. The van der Waals surface area contributed by atoms with E-state index in [9.17, 15) is 14.4 Å². The molecule has 1 saturated heterocycles. The van der Waals surface area contributed by atoms with Crippen LogP contribution in [0.1, 0.15) is 19.8 Å². The Morgan fingerprint density at radius 2 is 2.24 bits per heavy atom. The van der Waals surface area contributed by atoms with Crippen LogP contribution in [0.15, 0.2) is 11.6 Å². The number of likely N-dealkylation sites (tertiary alicyclic amines) is 1. The van der Waals surface area contributed by atoms with Crippen LogP contribution in [0.2, 0.25) is 0 Å². The van der Waals surface area contributed by atoms with Crippen LogP contribution in [0, 0.1) is 0 Å². The number of likely N-dealkylation sites (N-methyl/N-ethyl adjacent to an activating group) is 1. The Hall–Kier alpha value is -1.69. The Bertz CT molecular complexity index is 376. The summed E-state index contributed by atoms with van der Waals surface area (Å²) in [5.74, 6) is -1.41. The maximum atomic E-state index is 11.7. The summed E-state index contributed by atoms with van der Waals surface area (Å²) in [7, 11) is 1.46. The highest BCUT2D eigenvalue weighted by molar-refractivity contribution is 6.00. The van der Waals surface area contributed by atoms with E-state index in [0.717, 1.165) is 4.90 Å². The first-order valence-corrected chi connectivity index (χ1v) is 5.37. The van der Waals surface area contributed by atoms with Gasteiger partial charge in [-0.2, -0.15) is 0 Å². The van der Waals surface area contributed by atoms with Crippen molar-refractivity contribution in [3.05, 3.63) is 11.6 Å². The number of amides is 2. The summed E-state index contributed by atoms with van der Waals surface area (Å²) < 4.78 is 0. The summed E-state index contributed by atoms with van der Waals surface area (Å²) in [5, 5.41) is 11.6. The molecule has 6 heteroatoms. The van der Waals surface area contributed by atoms with Crippen molar-refractivity contribution >= 4 is 17.8 Å². The standard InChI is InChI=1S/C11H16N2O4/c1-7(11(16)17)5-6-12-8-3-4-9(14)13(2)10(8)15/h5,8,12H,3-4,6H2,1-2H3,(H,16,17)/b7-5-. The van der Waals surface area contributed by atoms with Crippen LogP contribution in [-0.4, -0.2) is 47.4 Å². The van der Waals surface area contributed by atoms with E-state index < -0.39 is 12.0 Å². The SMILES string of the molecule is C/C(=C/CNC1CCC(=O)N(C)C1=O)C(=O)O. The van der Waals surface area contributed by atoms with Gasteiger partial charge in [-0.3, -0.25) is 14.5 Å². The normalized spacial score (nSPS) is 21.9. The van der Waals surface area contributed by atoms with E-state index in [0.29, 0.717) is 19.4 Å². The van der Waals surface area contributed by atoms with Crippen molar-refractivity contribution < 1.29 is 19.5 Å². The van der Waals surface area contributed by atoms with Crippen molar-refractivity contribution in [3.63, 3.8) is 0 Å². The zero-order chi connectivity index (χ0) is 13.0. The fourth-order valence-corrected chi connectivity index (χ4v) is 1.55. The number of carbonyl (C=O) groups is 3. The molecule has 17 heavy (non-hydrogen) atoms. The van der Waals surface area contributed by atoms with Crippen LogP contribution in [0.3, 0.4) is 0 Å². The van der Waals surface area contributed by atoms with Crippen molar-refractivity contribution in [2.45, 2.75) is 25.8 Å². The van der Waals surface area contributed by atoms with Gasteiger partial charge in [0, 0.05) is 25.6 Å². The second-order valence-corrected chi connectivity index (χ2v) is 3.98. The second-order valence-electron chi connectivity index (χ2n) is 3.98. The summed E-state index contributed by atoms with van der Waals surface area (Å²) in [6.07, 6.45) is 2.30. The zero-order valence-electron chi connectivity index (χ0n) is 9.90. The van der Waals surface area contributed by atoms with Crippen molar-refractivity contribution in [2.75, 3.05) is 13.6 Å². The third-order valence-corrected chi connectivity index (χ3v) is 2.76. The molecule has 0 aliphatic carbocycles. The molecule has 2 amide bonds. The third-order valence-electron chi connectivity index (χ3n) is 2.76. The minimum Gasteiger partial charge on any atom is -0.478 e. The maximum absolute atomic E-state index is 11.7. The molecule has 1 atom stereocenters. The first kappa shape index (κ1) is 13.4. The van der Waals surface area contributed by atoms with Crippen LogP contribution < -0.4 is 5.32 Å². The summed E-state index contributed by atoms with van der Waals surface area (Å²) in [6, 6.07) is -0.407. The molecule has 1 heterocycles. The molecule has 94 valence electrons. The van der Waals surface area contributed by atoms with Gasteiger partial charge < -0.3 is 10.4 Å². The Morgan fingerprint density at radius 1 is 1.59 bits per heavy atom. The number of carbonyl (C=O) groups excluding carboxylic acids is 2. The first-order valence-electron chi connectivity index (χ1n) is 5.37. The van der Waals surface area contributed by atoms with E-state index in [2.05, 4.69) is 5.32 Å². The number of piperidine rings is 1. The molecule has 1 unspecified atom stereocenters. The first-order chi connectivity index (χ1) is 7.93. The number of imide groups is 1. The van der Waals surface area contributed by atoms with Gasteiger partial charge in [0.15, 0.2) is 0 Å². The van der Waals surface area contributed by atoms with Gasteiger partial charge in [-0.05, 0) is 13.3 Å². The number of aliphatic carboxylic acids is 1. The summed E-state index contributed by atoms with van der Waals surface area (Å²) in [6.45, 7) is 1.79. The van der Waals surface area contributed by atoms with Gasteiger partial charge in [-0.15, -0.1) is 0 Å². The Kier molecular flexibility index (Phi) is 4.39. The van der Waals surface area contributed by atoms with E-state index in [1.807, 2.05) is 0 Å². The van der Waals surface area contributed by atoms with Crippen molar-refractivity contribution in [1.82, 2.24) is 10.2 Å². The van der Waals surface area contributed by atoms with E-state index in [1.54, 1.807) is 0 Å². The number of nitrogens with one attached hydrogen (secondary N) is 1. The minimum absolute atomic E-state index is 0.176. The molecule has 0 saturated carbocycles. The lowest BCUT2D eigenvalue weighted by molar-refractivity contribution is -0.148. The van der Waals surface area contributed by atoms with Gasteiger partial charge in [0.1, 0.15) is 0 Å². The number of carboxylic acids is 1. The molecule has 6 nitrogen and oxygen atoms in total. The van der Waals surface area contributed by atoms with Gasteiger partial charge in [-0.25, -0.2) is 4.79 Å². The fraction of sp³-hybridized carbons (Fsp3) is 0.545. The van der Waals surface area contributed by atoms with Gasteiger partial charge in [0.2, 0.25) is 11.8 Å². The molecule has 2 N–H and O–H groups in total. The molecule has 1 fully saturated rings. The molecule has 1 rings (SSSR count). The van der Waals surface area contributed by atoms with Crippen LogP contribution in [0.4, 0.5) is 0 Å². The van der Waals surface area contributed by atoms with Gasteiger partial charge >= 0.3 is 5.97 Å². The molecular formula is C11H16N2O4. The van der Waals surface area contributed by atoms with Crippen LogP contribution in [-0.2, 0) is 14.4 Å². The quantitative estimate of drug-likeness (QED) is 0.523. The average molecular weight is 240 g/mol. The predicted octanol–water partition coefficient (Wildman–Crippen LogP) is -0.246. The largest absolute Gasteiger partial charge is 0.478 e. The number of hydrogen-bond acceptors (Lipinski definition) is 4. The number of carboxylic acid groups (broad SMARTS) is 1. The number of hydrogen-bond donors (Lipinski definition) is 2. The highest BCUT2D eigenvalue weighted by Crippen LogP contribution is 2.11. The molecular weight excluding hydrogens is 224 g/mol. The van der Waals surface area contributed by atoms with E-state index in [-0.39, 0.29) is 17.4 Å². The lowest BCUT2D eigenvalue weighted by Gasteiger charge is -2.27. The average Bonchev–Trinajstić information content (AvgIpc) is 2.28. The topological polar surface area (TPSA) is 86.7 Å². The van der Waals surface area contributed by atoms with Crippen LogP contribution >= 0.6 is 0 Å². The van der Waals surface area contributed by atoms with Crippen molar-refractivity contribution in [2.24, 2.45) is 0 Å². The molecule has 1 aliphatic heterocycles. The maximum Gasteiger partial charge on any atom is 0.330 e. The molecule has 1 aliphatic rings. The Morgan fingerprint density at radius 3 is 2.82 bits per heavy atom. The van der Waals surface area contributed by atoms with Crippen molar-refractivity contribution in [3.8, 4) is 0 Å². The number of rotatable bonds is 4. The zero-order valence-corrected chi connectivity index (χ0v) is 9.90. The van der Waals surface area contributed by atoms with E-state index in [4.69, 9.17) is 5.11 Å². The predicted molar refractivity (Wildman–Crippen MR) is 60.2 cm³/mol. The lowest BCUT2D eigenvalue weighted by Crippen LogP contribution is -2.51. The van der Waals surface area contributed by atoms with Crippen molar-refractivity contribution in [1.29, 1.82) is 0 Å². The Balaban J connectivity index is 2.48. The Labute approximate surface area is 99.3 Å². The van der Waals surface area contributed by atoms with Crippen LogP contribution in [0.5, 0.6) is 0 Å². The van der Waals surface area contributed by atoms with Gasteiger partial charge in [0.25, 0.3) is 0 Å². The highest BCUT2D eigenvalue weighted by Gasteiger charge is 2.30. The third kappa shape index (κ3) is 3.39. The summed E-state index contributed by atoms with van der Waals surface area (Å²) in [4.78, 5) is 34.5. The van der Waals surface area contributed by atoms with Gasteiger partial charge in [0.05, 0.1) is 6.04 Å². The molecule has 0 bridgehead atoms. The highest BCUT2D eigenvalue weighted by atomic mass is 16.4. The summed E-state index contributed by atoms with van der Waals surface area (Å²) in [5.41, 5.74) is 0.227. The lowest BCUT2D eigenvalue weighted by atomic mass is 10.0. The monoisotopic (exact) mass is 240 g/mol. The van der Waals surface area contributed by atoms with E-state index in [1.165, 1.54) is 20.0 Å². The summed E-state index contributed by atoms with van der Waals surface area (Å²) >= 11 is 0. The van der Waals surface area contributed by atoms with Crippen LogP contribution in [0.25, 0.3) is 0 Å². The second kappa shape index (κ2) is 5.58.